The van der Waals surface area contributed by atoms with Crippen molar-refractivity contribution < 1.29 is 9.72 Å². The maximum atomic E-state index is 12.9. The highest BCUT2D eigenvalue weighted by Gasteiger charge is 2.15. The SMILES string of the molecule is Cc1cc(C)cc(-n2ncc3c(=O)n(CC(=O)Nc4cc([N+](=O)[O-])ccc4C)cnc32)c1. The molecule has 32 heavy (non-hydrogen) atoms. The number of nitro groups is 1. The summed E-state index contributed by atoms with van der Waals surface area (Å²) in [6.45, 7) is 5.38. The molecule has 4 rings (SSSR count). The number of hydrogen-bond donors (Lipinski definition) is 1. The van der Waals surface area contributed by atoms with Crippen LogP contribution >= 0.6 is 0 Å². The van der Waals surface area contributed by atoms with Crippen molar-refractivity contribution in [3.05, 3.63) is 86.1 Å². The molecule has 2 heterocycles. The van der Waals surface area contributed by atoms with Gasteiger partial charge in [-0.25, -0.2) is 9.67 Å². The largest absolute Gasteiger partial charge is 0.324 e. The lowest BCUT2D eigenvalue weighted by Crippen LogP contribution is -2.28. The summed E-state index contributed by atoms with van der Waals surface area (Å²) in [6.07, 6.45) is 2.73. The van der Waals surface area contributed by atoms with Crippen LogP contribution in [0.2, 0.25) is 0 Å². The molecule has 0 aliphatic heterocycles. The van der Waals surface area contributed by atoms with E-state index in [1.165, 1.54) is 29.2 Å². The summed E-state index contributed by atoms with van der Waals surface area (Å²) in [4.78, 5) is 40.2. The zero-order chi connectivity index (χ0) is 23.0. The topological polar surface area (TPSA) is 125 Å². The normalized spacial score (nSPS) is 11.0. The van der Waals surface area contributed by atoms with E-state index in [1.807, 2.05) is 32.0 Å². The van der Waals surface area contributed by atoms with Gasteiger partial charge in [0.25, 0.3) is 11.2 Å². The molecule has 0 saturated heterocycles. The molecule has 162 valence electrons. The van der Waals surface area contributed by atoms with Crippen LogP contribution in [-0.2, 0) is 11.3 Å². The van der Waals surface area contributed by atoms with E-state index in [0.29, 0.717) is 16.9 Å². The van der Waals surface area contributed by atoms with Crippen LogP contribution < -0.4 is 10.9 Å². The molecule has 0 saturated carbocycles. The number of non-ortho nitro benzene ring substituents is 1. The maximum Gasteiger partial charge on any atom is 0.271 e. The summed E-state index contributed by atoms with van der Waals surface area (Å²) in [5.74, 6) is -0.501. The predicted octanol–water partition coefficient (Wildman–Crippen LogP) is 3.05. The molecule has 0 unspecified atom stereocenters. The Balaban J connectivity index is 1.62. The van der Waals surface area contributed by atoms with E-state index in [0.717, 1.165) is 16.8 Å². The quantitative estimate of drug-likeness (QED) is 0.382. The number of nitrogens with one attached hydrogen (secondary N) is 1. The third-order valence-corrected chi connectivity index (χ3v) is 5.03. The van der Waals surface area contributed by atoms with E-state index in [1.54, 1.807) is 17.7 Å². The second-order valence-corrected chi connectivity index (χ2v) is 7.62. The number of anilines is 1. The molecule has 2 aromatic heterocycles. The van der Waals surface area contributed by atoms with Gasteiger partial charge >= 0.3 is 0 Å². The Labute approximate surface area is 182 Å². The first kappa shape index (κ1) is 20.9. The van der Waals surface area contributed by atoms with Gasteiger partial charge in [0.15, 0.2) is 5.65 Å². The number of fused-ring (bicyclic) bond motifs is 1. The molecule has 0 aliphatic carbocycles. The lowest BCUT2D eigenvalue weighted by Gasteiger charge is -2.10. The lowest BCUT2D eigenvalue weighted by molar-refractivity contribution is -0.384. The van der Waals surface area contributed by atoms with E-state index < -0.39 is 16.4 Å². The lowest BCUT2D eigenvalue weighted by atomic mass is 10.1. The molecular formula is C22H20N6O4. The fourth-order valence-corrected chi connectivity index (χ4v) is 3.53. The van der Waals surface area contributed by atoms with Gasteiger partial charge < -0.3 is 5.32 Å². The molecule has 10 nitrogen and oxygen atoms in total. The molecule has 10 heteroatoms. The molecular weight excluding hydrogens is 412 g/mol. The van der Waals surface area contributed by atoms with Crippen LogP contribution in [0.1, 0.15) is 16.7 Å². The highest BCUT2D eigenvalue weighted by Crippen LogP contribution is 2.22. The number of rotatable bonds is 5. The second kappa shape index (κ2) is 8.06. The van der Waals surface area contributed by atoms with Crippen LogP contribution in [-0.4, -0.2) is 30.2 Å². The highest BCUT2D eigenvalue weighted by molar-refractivity contribution is 5.92. The number of nitrogens with zero attached hydrogens (tertiary/aromatic N) is 5. The predicted molar refractivity (Wildman–Crippen MR) is 119 cm³/mol. The summed E-state index contributed by atoms with van der Waals surface area (Å²) < 4.78 is 2.77. The van der Waals surface area contributed by atoms with Crippen LogP contribution in [0.3, 0.4) is 0 Å². The van der Waals surface area contributed by atoms with E-state index in [-0.39, 0.29) is 17.6 Å². The number of amides is 1. The third kappa shape index (κ3) is 3.97. The average molecular weight is 432 g/mol. The molecule has 1 amide bonds. The first-order chi connectivity index (χ1) is 15.2. The van der Waals surface area contributed by atoms with Crippen molar-refractivity contribution in [3.8, 4) is 5.69 Å². The minimum atomic E-state index is -0.537. The van der Waals surface area contributed by atoms with Crippen molar-refractivity contribution in [1.82, 2.24) is 19.3 Å². The van der Waals surface area contributed by atoms with Crippen molar-refractivity contribution in [2.24, 2.45) is 0 Å². The second-order valence-electron chi connectivity index (χ2n) is 7.62. The molecule has 0 bridgehead atoms. The number of benzene rings is 2. The van der Waals surface area contributed by atoms with Gasteiger partial charge in [0.2, 0.25) is 5.91 Å². The summed E-state index contributed by atoms with van der Waals surface area (Å²) in [6, 6.07) is 10.1. The molecule has 2 aromatic carbocycles. The van der Waals surface area contributed by atoms with Crippen molar-refractivity contribution in [3.63, 3.8) is 0 Å². The Hall–Kier alpha value is -4.34. The Morgan fingerprint density at radius 1 is 1.12 bits per heavy atom. The Kier molecular flexibility index (Phi) is 5.27. The van der Waals surface area contributed by atoms with Crippen molar-refractivity contribution in [2.75, 3.05) is 5.32 Å². The Bertz CT molecular complexity index is 1420. The van der Waals surface area contributed by atoms with Crippen LogP contribution in [0.4, 0.5) is 11.4 Å². The molecule has 4 aromatic rings. The number of carbonyl (C=O) groups excluding carboxylic acids is 1. The standard InChI is InChI=1S/C22H20N6O4/c1-13-6-14(2)8-17(7-13)27-21-18(10-24-27)22(30)26(12-23-21)11-20(29)25-19-9-16(28(31)32)5-4-15(19)3/h4-10,12H,11H2,1-3H3,(H,25,29). The summed E-state index contributed by atoms with van der Waals surface area (Å²) in [5, 5.41) is 18.2. The summed E-state index contributed by atoms with van der Waals surface area (Å²) in [7, 11) is 0. The fraction of sp³-hybridized carbons (Fsp3) is 0.182. The average Bonchev–Trinajstić information content (AvgIpc) is 3.16. The van der Waals surface area contributed by atoms with Gasteiger partial charge in [-0.1, -0.05) is 12.1 Å². The van der Waals surface area contributed by atoms with Crippen molar-refractivity contribution in [1.29, 1.82) is 0 Å². The van der Waals surface area contributed by atoms with Crippen molar-refractivity contribution in [2.45, 2.75) is 27.3 Å². The minimum Gasteiger partial charge on any atom is -0.324 e. The van der Waals surface area contributed by atoms with E-state index in [9.17, 15) is 19.7 Å². The number of aryl methyl sites for hydroxylation is 3. The molecule has 0 radical (unpaired) electrons. The van der Waals surface area contributed by atoms with Crippen LogP contribution in [0.25, 0.3) is 16.7 Å². The van der Waals surface area contributed by atoms with Gasteiger partial charge in [-0.3, -0.25) is 24.3 Å². The Morgan fingerprint density at radius 2 is 1.84 bits per heavy atom. The van der Waals surface area contributed by atoms with Crippen LogP contribution in [0.15, 0.2) is 53.7 Å². The zero-order valence-electron chi connectivity index (χ0n) is 17.7. The number of carbonyl (C=O) groups is 1. The van der Waals surface area contributed by atoms with E-state index in [4.69, 9.17) is 0 Å². The third-order valence-electron chi connectivity index (χ3n) is 5.03. The molecule has 0 fully saturated rings. The first-order valence-electron chi connectivity index (χ1n) is 9.79. The minimum absolute atomic E-state index is 0.134. The first-order valence-corrected chi connectivity index (χ1v) is 9.79. The number of aromatic nitrogens is 4. The van der Waals surface area contributed by atoms with Crippen molar-refractivity contribution >= 4 is 28.3 Å². The van der Waals surface area contributed by atoms with Gasteiger partial charge in [0.05, 0.1) is 22.5 Å². The monoisotopic (exact) mass is 432 g/mol. The molecule has 1 N–H and O–H groups in total. The van der Waals surface area contributed by atoms with Gasteiger partial charge in [-0.15, -0.1) is 0 Å². The highest BCUT2D eigenvalue weighted by atomic mass is 16.6. The summed E-state index contributed by atoms with van der Waals surface area (Å²) in [5.41, 5.74) is 3.75. The van der Waals surface area contributed by atoms with Crippen LogP contribution in [0.5, 0.6) is 0 Å². The molecule has 0 spiro atoms. The van der Waals surface area contributed by atoms with Gasteiger partial charge in [0, 0.05) is 12.1 Å². The number of hydrogen-bond acceptors (Lipinski definition) is 6. The van der Waals surface area contributed by atoms with Gasteiger partial charge in [0.1, 0.15) is 18.3 Å². The molecule has 0 atom stereocenters. The van der Waals surface area contributed by atoms with Gasteiger partial charge in [-0.05, 0) is 49.6 Å². The van der Waals surface area contributed by atoms with E-state index >= 15 is 0 Å². The fourth-order valence-electron chi connectivity index (χ4n) is 3.53. The number of nitro benzene ring substituents is 1. The molecule has 0 aliphatic rings. The van der Waals surface area contributed by atoms with Crippen LogP contribution in [0, 0.1) is 30.9 Å². The smallest absolute Gasteiger partial charge is 0.271 e. The summed E-state index contributed by atoms with van der Waals surface area (Å²) >= 11 is 0. The zero-order valence-corrected chi connectivity index (χ0v) is 17.7. The van der Waals surface area contributed by atoms with E-state index in [2.05, 4.69) is 15.4 Å². The van der Waals surface area contributed by atoms with Gasteiger partial charge in [-0.2, -0.15) is 5.10 Å². The Morgan fingerprint density at radius 3 is 2.53 bits per heavy atom. The maximum absolute atomic E-state index is 12.9.